The molecule has 4 nitrogen and oxygen atoms in total. The van der Waals surface area contributed by atoms with Gasteiger partial charge in [-0.3, -0.25) is 0 Å². The Labute approximate surface area is 158 Å². The molecular weight excluding hydrogens is 336 g/mol. The number of carbonyl (C=O) groups excluding carboxylic acids is 1. The van der Waals surface area contributed by atoms with Gasteiger partial charge < -0.3 is 4.74 Å². The monoisotopic (exact) mass is 356 g/mol. The van der Waals surface area contributed by atoms with Gasteiger partial charge in [0.2, 0.25) is 0 Å². The van der Waals surface area contributed by atoms with Gasteiger partial charge in [0.25, 0.3) is 0 Å². The lowest BCUT2D eigenvalue weighted by Crippen LogP contribution is -2.09. The lowest BCUT2D eigenvalue weighted by molar-refractivity contribution is 0.0734. The summed E-state index contributed by atoms with van der Waals surface area (Å²) in [5, 5.41) is 0. The molecule has 0 fully saturated rings. The van der Waals surface area contributed by atoms with Crippen LogP contribution in [0.15, 0.2) is 86.2 Å². The molecule has 1 aromatic heterocycles. The standard InChI is InChI=1S/C23H20N2O2/c1-3-5-17-7-11-19(12-8-17)22-24-15-20(16-25-22)23(26)27-21-13-9-18(6-4-2)10-14-21/h3-4,7-16H,1-2,5-6H2. The van der Waals surface area contributed by atoms with Crippen molar-refractivity contribution >= 4 is 5.97 Å². The largest absolute Gasteiger partial charge is 0.423 e. The second-order valence-corrected chi connectivity index (χ2v) is 6.01. The molecule has 0 saturated heterocycles. The fraction of sp³-hybridized carbons (Fsp3) is 0.0870. The van der Waals surface area contributed by atoms with E-state index in [1.807, 2.05) is 48.6 Å². The summed E-state index contributed by atoms with van der Waals surface area (Å²) < 4.78 is 5.37. The van der Waals surface area contributed by atoms with Crippen LogP contribution >= 0.6 is 0 Å². The number of benzene rings is 2. The lowest BCUT2D eigenvalue weighted by Gasteiger charge is -2.06. The smallest absolute Gasteiger partial charge is 0.346 e. The zero-order chi connectivity index (χ0) is 19.1. The first-order valence-electron chi connectivity index (χ1n) is 8.64. The van der Waals surface area contributed by atoms with E-state index < -0.39 is 5.97 Å². The summed E-state index contributed by atoms with van der Waals surface area (Å²) in [6.45, 7) is 7.44. The summed E-state index contributed by atoms with van der Waals surface area (Å²) in [5.74, 6) is 0.555. The molecule has 0 unspecified atom stereocenters. The highest BCUT2D eigenvalue weighted by Gasteiger charge is 2.11. The summed E-state index contributed by atoms with van der Waals surface area (Å²) in [6, 6.07) is 15.3. The molecule has 1 heterocycles. The highest BCUT2D eigenvalue weighted by atomic mass is 16.5. The van der Waals surface area contributed by atoms with Crippen LogP contribution < -0.4 is 4.74 Å². The first-order chi connectivity index (χ1) is 13.2. The van der Waals surface area contributed by atoms with Gasteiger partial charge in [0.15, 0.2) is 5.82 Å². The van der Waals surface area contributed by atoms with Crippen LogP contribution in [0.25, 0.3) is 11.4 Å². The van der Waals surface area contributed by atoms with E-state index in [1.54, 1.807) is 12.1 Å². The van der Waals surface area contributed by atoms with Crippen molar-refractivity contribution in [3.8, 4) is 17.1 Å². The third-order valence-corrected chi connectivity index (χ3v) is 3.99. The Morgan fingerprint density at radius 1 is 0.852 bits per heavy atom. The highest BCUT2D eigenvalue weighted by molar-refractivity contribution is 5.90. The summed E-state index contributed by atoms with van der Waals surface area (Å²) in [5.41, 5.74) is 3.47. The summed E-state index contributed by atoms with van der Waals surface area (Å²) in [4.78, 5) is 20.8. The van der Waals surface area contributed by atoms with Crippen LogP contribution in [-0.4, -0.2) is 15.9 Å². The number of allylic oxidation sites excluding steroid dienone is 2. The van der Waals surface area contributed by atoms with Gasteiger partial charge in [-0.15, -0.1) is 13.2 Å². The van der Waals surface area contributed by atoms with Crippen molar-refractivity contribution in [2.75, 3.05) is 0 Å². The maximum atomic E-state index is 12.3. The summed E-state index contributed by atoms with van der Waals surface area (Å²) >= 11 is 0. The van der Waals surface area contributed by atoms with E-state index in [0.717, 1.165) is 24.0 Å². The number of hydrogen-bond acceptors (Lipinski definition) is 4. The zero-order valence-corrected chi connectivity index (χ0v) is 15.0. The van der Waals surface area contributed by atoms with Gasteiger partial charge >= 0.3 is 5.97 Å². The molecule has 0 saturated carbocycles. The fourth-order valence-corrected chi connectivity index (χ4v) is 2.57. The zero-order valence-electron chi connectivity index (χ0n) is 15.0. The highest BCUT2D eigenvalue weighted by Crippen LogP contribution is 2.17. The van der Waals surface area contributed by atoms with Crippen LogP contribution in [0.2, 0.25) is 0 Å². The van der Waals surface area contributed by atoms with Crippen LogP contribution in [0.3, 0.4) is 0 Å². The number of nitrogens with zero attached hydrogens (tertiary/aromatic N) is 2. The number of carbonyl (C=O) groups is 1. The van der Waals surface area contributed by atoms with Gasteiger partial charge in [-0.2, -0.15) is 0 Å². The van der Waals surface area contributed by atoms with Crippen molar-refractivity contribution in [1.29, 1.82) is 0 Å². The molecule has 134 valence electrons. The van der Waals surface area contributed by atoms with Gasteiger partial charge in [-0.1, -0.05) is 48.6 Å². The van der Waals surface area contributed by atoms with Crippen molar-refractivity contribution in [1.82, 2.24) is 9.97 Å². The number of hydrogen-bond donors (Lipinski definition) is 0. The molecule has 4 heteroatoms. The first-order valence-corrected chi connectivity index (χ1v) is 8.64. The predicted octanol–water partition coefficient (Wildman–Crippen LogP) is 4.82. The van der Waals surface area contributed by atoms with Crippen molar-refractivity contribution in [3.05, 3.63) is 103 Å². The quantitative estimate of drug-likeness (QED) is 0.346. The molecule has 3 aromatic rings. The number of rotatable bonds is 7. The topological polar surface area (TPSA) is 52.1 Å². The Hall–Kier alpha value is -3.53. The molecule has 0 spiro atoms. The average molecular weight is 356 g/mol. The van der Waals surface area contributed by atoms with Crippen LogP contribution in [0.5, 0.6) is 5.75 Å². The molecule has 0 bridgehead atoms. The molecule has 0 N–H and O–H groups in total. The van der Waals surface area contributed by atoms with Crippen molar-refractivity contribution in [2.45, 2.75) is 12.8 Å². The maximum absolute atomic E-state index is 12.3. The van der Waals surface area contributed by atoms with Crippen LogP contribution in [0.1, 0.15) is 21.5 Å². The van der Waals surface area contributed by atoms with E-state index in [2.05, 4.69) is 23.1 Å². The molecular formula is C23H20N2O2. The number of esters is 1. The van der Waals surface area contributed by atoms with E-state index in [4.69, 9.17) is 4.74 Å². The second-order valence-electron chi connectivity index (χ2n) is 6.01. The molecule has 3 rings (SSSR count). The molecule has 0 aliphatic carbocycles. The van der Waals surface area contributed by atoms with Gasteiger partial charge in [-0.25, -0.2) is 14.8 Å². The summed E-state index contributed by atoms with van der Waals surface area (Å²) in [7, 11) is 0. The van der Waals surface area contributed by atoms with E-state index in [-0.39, 0.29) is 0 Å². The SMILES string of the molecule is C=CCc1ccc(OC(=O)c2cnc(-c3ccc(CC=C)cc3)nc2)cc1. The van der Waals surface area contributed by atoms with Gasteiger partial charge in [0.05, 0.1) is 5.56 Å². The molecule has 0 aliphatic heterocycles. The minimum absolute atomic E-state index is 0.303. The average Bonchev–Trinajstić information content (AvgIpc) is 2.71. The predicted molar refractivity (Wildman–Crippen MR) is 107 cm³/mol. The Morgan fingerprint density at radius 3 is 1.89 bits per heavy atom. The van der Waals surface area contributed by atoms with E-state index >= 15 is 0 Å². The second kappa shape index (κ2) is 8.72. The lowest BCUT2D eigenvalue weighted by atomic mass is 10.1. The fourth-order valence-electron chi connectivity index (χ4n) is 2.57. The third-order valence-electron chi connectivity index (χ3n) is 3.99. The molecule has 0 aliphatic rings. The molecule has 0 atom stereocenters. The van der Waals surface area contributed by atoms with Crippen LogP contribution in [-0.2, 0) is 12.8 Å². The van der Waals surface area contributed by atoms with Crippen LogP contribution in [0, 0.1) is 0 Å². The number of aromatic nitrogens is 2. The number of ether oxygens (including phenoxy) is 1. The Bertz CT molecular complexity index is 928. The molecule has 0 radical (unpaired) electrons. The normalized spacial score (nSPS) is 10.2. The van der Waals surface area contributed by atoms with E-state index in [1.165, 1.54) is 18.0 Å². The van der Waals surface area contributed by atoms with Gasteiger partial charge in [0, 0.05) is 18.0 Å². The van der Waals surface area contributed by atoms with E-state index in [9.17, 15) is 4.79 Å². The minimum Gasteiger partial charge on any atom is -0.423 e. The van der Waals surface area contributed by atoms with Crippen molar-refractivity contribution in [3.63, 3.8) is 0 Å². The first kappa shape index (κ1) is 18.3. The third kappa shape index (κ3) is 4.76. The minimum atomic E-state index is -0.487. The molecule has 0 amide bonds. The summed E-state index contributed by atoms with van der Waals surface area (Å²) in [6.07, 6.45) is 8.24. The Balaban J connectivity index is 1.67. The Kier molecular flexibility index (Phi) is 5.90. The molecule has 27 heavy (non-hydrogen) atoms. The van der Waals surface area contributed by atoms with Crippen molar-refractivity contribution < 1.29 is 9.53 Å². The maximum Gasteiger partial charge on any atom is 0.346 e. The van der Waals surface area contributed by atoms with E-state index in [0.29, 0.717) is 17.1 Å². The Morgan fingerprint density at radius 2 is 1.37 bits per heavy atom. The van der Waals surface area contributed by atoms with Gasteiger partial charge in [-0.05, 0) is 36.1 Å². The van der Waals surface area contributed by atoms with Crippen molar-refractivity contribution in [2.24, 2.45) is 0 Å². The molecule has 2 aromatic carbocycles. The van der Waals surface area contributed by atoms with Crippen LogP contribution in [0.4, 0.5) is 0 Å². The van der Waals surface area contributed by atoms with Gasteiger partial charge in [0.1, 0.15) is 5.75 Å².